The van der Waals surface area contributed by atoms with Gasteiger partial charge in [0.2, 0.25) is 11.8 Å². The number of nitrogens with one attached hydrogen (secondary N) is 1. The lowest BCUT2D eigenvalue weighted by atomic mass is 10.0. The standard InChI is InChI=1S/C19H26N4O3/c1-19(2,11-20)22(3)9-12-4-5-14-13(8-12)10-23(18(14)26)15-6-7-16(24)21-17(15)25/h4-5,8,15H,6-7,9-11,20H2,1-3H3,(H,21,24,25). The molecule has 2 aliphatic heterocycles. The van der Waals surface area contributed by atoms with Crippen LogP contribution >= 0.6 is 0 Å². The number of rotatable bonds is 5. The van der Waals surface area contributed by atoms with E-state index < -0.39 is 6.04 Å². The maximum absolute atomic E-state index is 12.7. The summed E-state index contributed by atoms with van der Waals surface area (Å²) in [6.07, 6.45) is 0.644. The summed E-state index contributed by atoms with van der Waals surface area (Å²) in [6.45, 7) is 5.86. The van der Waals surface area contributed by atoms with Crippen LogP contribution in [0.4, 0.5) is 0 Å². The Labute approximate surface area is 153 Å². The summed E-state index contributed by atoms with van der Waals surface area (Å²) >= 11 is 0. The molecule has 1 unspecified atom stereocenters. The van der Waals surface area contributed by atoms with Crippen LogP contribution in [0.1, 0.15) is 48.2 Å². The van der Waals surface area contributed by atoms with Crippen molar-refractivity contribution in [2.75, 3.05) is 13.6 Å². The van der Waals surface area contributed by atoms with E-state index in [1.165, 1.54) is 0 Å². The van der Waals surface area contributed by atoms with Crippen LogP contribution < -0.4 is 11.1 Å². The number of amides is 3. The molecule has 0 bridgehead atoms. The van der Waals surface area contributed by atoms with Crippen LogP contribution in [0.25, 0.3) is 0 Å². The third-order valence-electron chi connectivity index (χ3n) is 5.54. The number of hydrogen-bond acceptors (Lipinski definition) is 5. The zero-order chi connectivity index (χ0) is 19.1. The van der Waals surface area contributed by atoms with Crippen LogP contribution in [0.5, 0.6) is 0 Å². The maximum Gasteiger partial charge on any atom is 0.255 e. The van der Waals surface area contributed by atoms with E-state index >= 15 is 0 Å². The van der Waals surface area contributed by atoms with Gasteiger partial charge in [-0.25, -0.2) is 0 Å². The van der Waals surface area contributed by atoms with E-state index in [2.05, 4.69) is 24.1 Å². The fourth-order valence-electron chi connectivity index (χ4n) is 3.37. The fourth-order valence-corrected chi connectivity index (χ4v) is 3.37. The molecule has 3 amide bonds. The lowest BCUT2D eigenvalue weighted by Gasteiger charge is -2.34. The van der Waals surface area contributed by atoms with Gasteiger partial charge in [-0.2, -0.15) is 0 Å². The van der Waals surface area contributed by atoms with Gasteiger partial charge in [0.25, 0.3) is 5.91 Å². The van der Waals surface area contributed by atoms with Crippen molar-refractivity contribution in [2.24, 2.45) is 5.73 Å². The van der Waals surface area contributed by atoms with Gasteiger partial charge in [0.05, 0.1) is 0 Å². The smallest absolute Gasteiger partial charge is 0.255 e. The lowest BCUT2D eigenvalue weighted by molar-refractivity contribution is -0.136. The zero-order valence-electron chi connectivity index (χ0n) is 15.5. The molecular weight excluding hydrogens is 332 g/mol. The van der Waals surface area contributed by atoms with Crippen molar-refractivity contribution in [1.82, 2.24) is 15.1 Å². The van der Waals surface area contributed by atoms with Crippen molar-refractivity contribution in [1.29, 1.82) is 0 Å². The van der Waals surface area contributed by atoms with E-state index in [4.69, 9.17) is 5.73 Å². The van der Waals surface area contributed by atoms with Crippen molar-refractivity contribution < 1.29 is 14.4 Å². The summed E-state index contributed by atoms with van der Waals surface area (Å²) in [7, 11) is 2.03. The number of nitrogens with zero attached hydrogens (tertiary/aromatic N) is 2. The highest BCUT2D eigenvalue weighted by molar-refractivity contribution is 6.05. The molecule has 0 aromatic heterocycles. The molecule has 0 radical (unpaired) electrons. The van der Waals surface area contributed by atoms with Crippen molar-refractivity contribution in [2.45, 2.75) is 51.4 Å². The van der Waals surface area contributed by atoms with Gasteiger partial charge < -0.3 is 10.6 Å². The highest BCUT2D eigenvalue weighted by Crippen LogP contribution is 2.28. The van der Waals surface area contributed by atoms with Crippen LogP contribution in [0.3, 0.4) is 0 Å². The molecule has 7 nitrogen and oxygen atoms in total. The highest BCUT2D eigenvalue weighted by Gasteiger charge is 2.39. The minimum Gasteiger partial charge on any atom is -0.329 e. The van der Waals surface area contributed by atoms with Crippen LogP contribution in [0.15, 0.2) is 18.2 Å². The number of hydrogen-bond donors (Lipinski definition) is 2. The molecule has 26 heavy (non-hydrogen) atoms. The molecule has 140 valence electrons. The van der Waals surface area contributed by atoms with Crippen molar-refractivity contribution in [3.8, 4) is 0 Å². The van der Waals surface area contributed by atoms with Gasteiger partial charge in [0.1, 0.15) is 6.04 Å². The summed E-state index contributed by atoms with van der Waals surface area (Å²) < 4.78 is 0. The van der Waals surface area contributed by atoms with Gasteiger partial charge in [-0.1, -0.05) is 12.1 Å². The van der Waals surface area contributed by atoms with E-state index in [1.54, 1.807) is 4.90 Å². The first-order valence-corrected chi connectivity index (χ1v) is 8.90. The predicted octanol–water partition coefficient (Wildman–Crippen LogP) is 0.617. The molecule has 0 spiro atoms. The molecule has 1 atom stereocenters. The number of fused-ring (bicyclic) bond motifs is 1. The van der Waals surface area contributed by atoms with E-state index in [1.807, 2.05) is 25.2 Å². The largest absolute Gasteiger partial charge is 0.329 e. The second-order valence-electron chi connectivity index (χ2n) is 7.76. The third kappa shape index (κ3) is 3.37. The van der Waals surface area contributed by atoms with E-state index in [0.29, 0.717) is 25.1 Å². The molecule has 0 saturated carbocycles. The molecule has 0 aliphatic carbocycles. The van der Waals surface area contributed by atoms with Crippen LogP contribution in [-0.4, -0.2) is 52.7 Å². The minimum atomic E-state index is -0.574. The minimum absolute atomic E-state index is 0.117. The number of nitrogens with two attached hydrogens (primary N) is 1. The first-order chi connectivity index (χ1) is 12.2. The number of carbonyl (C=O) groups excluding carboxylic acids is 3. The van der Waals surface area contributed by atoms with Gasteiger partial charge in [0, 0.05) is 37.2 Å². The molecule has 1 aromatic rings. The zero-order valence-corrected chi connectivity index (χ0v) is 15.5. The monoisotopic (exact) mass is 358 g/mol. The molecule has 1 saturated heterocycles. The Morgan fingerprint density at radius 2 is 2.04 bits per heavy atom. The first kappa shape index (κ1) is 18.5. The van der Waals surface area contributed by atoms with Crippen LogP contribution in [0.2, 0.25) is 0 Å². The number of likely N-dealkylation sites (N-methyl/N-ethyl adjacent to an activating group) is 1. The summed E-state index contributed by atoms with van der Waals surface area (Å²) in [5.41, 5.74) is 8.39. The normalized spacial score (nSPS) is 20.6. The fraction of sp³-hybridized carbons (Fsp3) is 0.526. The van der Waals surface area contributed by atoms with Gasteiger partial charge in [0.15, 0.2) is 0 Å². The topological polar surface area (TPSA) is 95.7 Å². The van der Waals surface area contributed by atoms with E-state index in [-0.39, 0.29) is 29.7 Å². The van der Waals surface area contributed by atoms with Crippen molar-refractivity contribution in [3.63, 3.8) is 0 Å². The molecule has 7 heteroatoms. The Morgan fingerprint density at radius 3 is 2.69 bits per heavy atom. The molecule has 2 heterocycles. The average Bonchev–Trinajstić information content (AvgIpc) is 2.91. The van der Waals surface area contributed by atoms with Gasteiger partial charge in [-0.3, -0.25) is 24.6 Å². The molecule has 1 fully saturated rings. The second-order valence-corrected chi connectivity index (χ2v) is 7.76. The summed E-state index contributed by atoms with van der Waals surface area (Å²) in [5, 5.41) is 2.32. The summed E-state index contributed by atoms with van der Waals surface area (Å²) in [6, 6.07) is 5.24. The number of piperidine rings is 1. The second kappa shape index (κ2) is 6.81. The van der Waals surface area contributed by atoms with Gasteiger partial charge in [-0.15, -0.1) is 0 Å². The SMILES string of the molecule is CN(Cc1ccc2c(c1)CN(C1CCC(=O)NC1=O)C2=O)C(C)(C)CN. The van der Waals surface area contributed by atoms with Crippen LogP contribution in [-0.2, 0) is 22.7 Å². The lowest BCUT2D eigenvalue weighted by Crippen LogP contribution is -2.52. The number of carbonyl (C=O) groups is 3. The predicted molar refractivity (Wildman–Crippen MR) is 97.1 cm³/mol. The third-order valence-corrected chi connectivity index (χ3v) is 5.54. The summed E-state index contributed by atoms with van der Waals surface area (Å²) in [4.78, 5) is 39.9. The highest BCUT2D eigenvalue weighted by atomic mass is 16.2. The molecular formula is C19H26N4O3. The Hall–Kier alpha value is -2.25. The Kier molecular flexibility index (Phi) is 4.86. The number of imide groups is 1. The Bertz CT molecular complexity index is 759. The molecule has 3 N–H and O–H groups in total. The Morgan fingerprint density at radius 1 is 1.31 bits per heavy atom. The van der Waals surface area contributed by atoms with E-state index in [9.17, 15) is 14.4 Å². The van der Waals surface area contributed by atoms with Crippen molar-refractivity contribution >= 4 is 17.7 Å². The van der Waals surface area contributed by atoms with Gasteiger partial charge >= 0.3 is 0 Å². The van der Waals surface area contributed by atoms with E-state index in [0.717, 1.165) is 17.7 Å². The van der Waals surface area contributed by atoms with Gasteiger partial charge in [-0.05, 0) is 44.5 Å². The number of benzene rings is 1. The summed E-state index contributed by atoms with van der Waals surface area (Å²) in [5.74, 6) is -0.799. The molecule has 2 aliphatic rings. The van der Waals surface area contributed by atoms with Crippen LogP contribution in [0, 0.1) is 0 Å². The Balaban J connectivity index is 1.76. The maximum atomic E-state index is 12.7. The molecule has 3 rings (SSSR count). The average molecular weight is 358 g/mol. The first-order valence-electron chi connectivity index (χ1n) is 8.90. The molecule has 1 aromatic carbocycles. The van der Waals surface area contributed by atoms with Crippen molar-refractivity contribution in [3.05, 3.63) is 34.9 Å². The quantitative estimate of drug-likeness (QED) is 0.752.